The lowest BCUT2D eigenvalue weighted by Gasteiger charge is -2.23. The highest BCUT2D eigenvalue weighted by molar-refractivity contribution is 4.99. The van der Waals surface area contributed by atoms with Crippen LogP contribution in [0.25, 0.3) is 0 Å². The average Bonchev–Trinajstić information content (AvgIpc) is 2.61. The molecule has 0 radical (unpaired) electrons. The Balaban J connectivity index is 2.11. The van der Waals surface area contributed by atoms with E-state index in [2.05, 4.69) is 6.58 Å². The van der Waals surface area contributed by atoms with Crippen molar-refractivity contribution in [1.29, 1.82) is 0 Å². The summed E-state index contributed by atoms with van der Waals surface area (Å²) in [5.74, 6) is -0.577. The maximum Gasteiger partial charge on any atom is 0.164 e. The van der Waals surface area contributed by atoms with Crippen LogP contribution in [0, 0.1) is 0 Å². The first kappa shape index (κ1) is 11.1. The molecule has 0 aromatic rings. The Bertz CT molecular complexity index is 251. The van der Waals surface area contributed by atoms with E-state index in [1.165, 1.54) is 0 Å². The minimum Gasteiger partial charge on any atom is -0.394 e. The Morgan fingerprint density at radius 1 is 1.27 bits per heavy atom. The van der Waals surface area contributed by atoms with E-state index in [0.29, 0.717) is 0 Å². The summed E-state index contributed by atoms with van der Waals surface area (Å²) >= 11 is 0. The van der Waals surface area contributed by atoms with Gasteiger partial charge in [-0.1, -0.05) is 6.08 Å². The zero-order valence-corrected chi connectivity index (χ0v) is 9.18. The highest BCUT2D eigenvalue weighted by Crippen LogP contribution is 2.39. The molecular formula is C11H18O4. The molecular weight excluding hydrogens is 196 g/mol. The van der Waals surface area contributed by atoms with E-state index in [0.717, 1.165) is 6.42 Å². The number of hydrogen-bond acceptors (Lipinski definition) is 4. The molecule has 0 unspecified atom stereocenters. The minimum atomic E-state index is -0.577. The van der Waals surface area contributed by atoms with Gasteiger partial charge in [0.05, 0.1) is 12.7 Å². The van der Waals surface area contributed by atoms with Crippen LogP contribution >= 0.6 is 0 Å². The summed E-state index contributed by atoms with van der Waals surface area (Å²) in [4.78, 5) is 0. The van der Waals surface area contributed by atoms with Crippen LogP contribution in [-0.4, -0.2) is 41.9 Å². The Morgan fingerprint density at radius 3 is 2.40 bits per heavy atom. The lowest BCUT2D eigenvalue weighted by atomic mass is 10.1. The molecule has 2 heterocycles. The SMILES string of the molecule is C=CC[C@@H]1O[C@H](CO)[C@H]2OC(C)(C)O[C@H]21. The first-order valence-electron chi connectivity index (χ1n) is 5.30. The van der Waals surface area contributed by atoms with E-state index in [-0.39, 0.29) is 31.0 Å². The highest BCUT2D eigenvalue weighted by atomic mass is 16.8. The van der Waals surface area contributed by atoms with Gasteiger partial charge in [0, 0.05) is 0 Å². The smallest absolute Gasteiger partial charge is 0.164 e. The number of aliphatic hydroxyl groups excluding tert-OH is 1. The van der Waals surface area contributed by atoms with Gasteiger partial charge in [0.1, 0.15) is 18.3 Å². The molecule has 0 spiro atoms. The van der Waals surface area contributed by atoms with E-state index in [9.17, 15) is 5.11 Å². The van der Waals surface area contributed by atoms with Crippen molar-refractivity contribution in [3.05, 3.63) is 12.7 Å². The molecule has 0 aromatic carbocycles. The predicted octanol–water partition coefficient (Wildman–Crippen LogP) is 0.842. The van der Waals surface area contributed by atoms with Gasteiger partial charge < -0.3 is 19.3 Å². The standard InChI is InChI=1S/C11H18O4/c1-4-5-7-9-10(8(6-12)13-7)15-11(2,3)14-9/h4,7-10,12H,1,5-6H2,2-3H3/t7-,8+,9-,10+/m0/s1. The molecule has 1 N–H and O–H groups in total. The van der Waals surface area contributed by atoms with Crippen molar-refractivity contribution < 1.29 is 19.3 Å². The molecule has 2 fully saturated rings. The fraction of sp³-hybridized carbons (Fsp3) is 0.818. The molecule has 4 heteroatoms. The zero-order chi connectivity index (χ0) is 11.1. The van der Waals surface area contributed by atoms with E-state index in [1.54, 1.807) is 6.08 Å². The monoisotopic (exact) mass is 214 g/mol. The molecule has 0 amide bonds. The van der Waals surface area contributed by atoms with Crippen molar-refractivity contribution >= 4 is 0 Å². The molecule has 0 bridgehead atoms. The Morgan fingerprint density at radius 2 is 1.87 bits per heavy atom. The fourth-order valence-electron chi connectivity index (χ4n) is 2.27. The average molecular weight is 214 g/mol. The maximum absolute atomic E-state index is 9.18. The van der Waals surface area contributed by atoms with Crippen molar-refractivity contribution in [3.8, 4) is 0 Å². The van der Waals surface area contributed by atoms with E-state index >= 15 is 0 Å². The van der Waals surface area contributed by atoms with Gasteiger partial charge in [-0.25, -0.2) is 0 Å². The van der Waals surface area contributed by atoms with Crippen molar-refractivity contribution in [2.75, 3.05) is 6.61 Å². The van der Waals surface area contributed by atoms with Gasteiger partial charge in [0.2, 0.25) is 0 Å². The lowest BCUT2D eigenvalue weighted by Crippen LogP contribution is -2.31. The molecule has 2 rings (SSSR count). The summed E-state index contributed by atoms with van der Waals surface area (Å²) in [5, 5.41) is 9.18. The second-order valence-corrected chi connectivity index (χ2v) is 4.48. The summed E-state index contributed by atoms with van der Waals surface area (Å²) in [6.07, 6.45) is 1.95. The summed E-state index contributed by atoms with van der Waals surface area (Å²) in [6.45, 7) is 7.41. The number of rotatable bonds is 3. The number of hydrogen-bond donors (Lipinski definition) is 1. The zero-order valence-electron chi connectivity index (χ0n) is 9.18. The van der Waals surface area contributed by atoms with Gasteiger partial charge in [-0.3, -0.25) is 0 Å². The molecule has 86 valence electrons. The van der Waals surface area contributed by atoms with Crippen molar-refractivity contribution in [3.63, 3.8) is 0 Å². The summed E-state index contributed by atoms with van der Waals surface area (Å²) in [6, 6.07) is 0. The van der Waals surface area contributed by atoms with E-state index < -0.39 is 5.79 Å². The van der Waals surface area contributed by atoms with Crippen LogP contribution in [0.5, 0.6) is 0 Å². The second-order valence-electron chi connectivity index (χ2n) is 4.48. The number of fused-ring (bicyclic) bond motifs is 1. The van der Waals surface area contributed by atoms with Crippen LogP contribution in [0.2, 0.25) is 0 Å². The quantitative estimate of drug-likeness (QED) is 0.707. The molecule has 4 atom stereocenters. The van der Waals surface area contributed by atoms with Crippen molar-refractivity contribution in [2.45, 2.75) is 50.5 Å². The Hall–Kier alpha value is -0.420. The molecule has 2 saturated heterocycles. The van der Waals surface area contributed by atoms with Crippen LogP contribution in [0.4, 0.5) is 0 Å². The molecule has 2 aliphatic rings. The van der Waals surface area contributed by atoms with Crippen LogP contribution in [0.3, 0.4) is 0 Å². The summed E-state index contributed by atoms with van der Waals surface area (Å²) in [7, 11) is 0. The second kappa shape index (κ2) is 3.87. The number of aliphatic hydroxyl groups is 1. The molecule has 0 aliphatic carbocycles. The van der Waals surface area contributed by atoms with Crippen LogP contribution in [0.1, 0.15) is 20.3 Å². The third-order valence-electron chi connectivity index (χ3n) is 2.82. The summed E-state index contributed by atoms with van der Waals surface area (Å²) < 4.78 is 17.1. The largest absolute Gasteiger partial charge is 0.394 e. The normalized spacial score (nSPS) is 42.9. The lowest BCUT2D eigenvalue weighted by molar-refractivity contribution is -0.189. The maximum atomic E-state index is 9.18. The van der Waals surface area contributed by atoms with Gasteiger partial charge in [-0.15, -0.1) is 6.58 Å². The van der Waals surface area contributed by atoms with Crippen LogP contribution in [0.15, 0.2) is 12.7 Å². The number of ether oxygens (including phenoxy) is 3. The highest BCUT2D eigenvalue weighted by Gasteiger charge is 2.54. The minimum absolute atomic E-state index is 0.0335. The van der Waals surface area contributed by atoms with Crippen LogP contribution in [-0.2, 0) is 14.2 Å². The molecule has 0 aromatic heterocycles. The van der Waals surface area contributed by atoms with Gasteiger partial charge in [0.15, 0.2) is 5.79 Å². The third-order valence-corrected chi connectivity index (χ3v) is 2.82. The Labute approximate surface area is 89.8 Å². The first-order chi connectivity index (χ1) is 7.07. The molecule has 15 heavy (non-hydrogen) atoms. The van der Waals surface area contributed by atoms with E-state index in [4.69, 9.17) is 14.2 Å². The molecule has 2 aliphatic heterocycles. The van der Waals surface area contributed by atoms with Gasteiger partial charge in [-0.05, 0) is 20.3 Å². The van der Waals surface area contributed by atoms with Crippen LogP contribution < -0.4 is 0 Å². The summed E-state index contributed by atoms with van der Waals surface area (Å²) in [5.41, 5.74) is 0. The fourth-order valence-corrected chi connectivity index (χ4v) is 2.27. The van der Waals surface area contributed by atoms with E-state index in [1.807, 2.05) is 13.8 Å². The molecule has 4 nitrogen and oxygen atoms in total. The third kappa shape index (κ3) is 1.95. The first-order valence-corrected chi connectivity index (χ1v) is 5.30. The van der Waals surface area contributed by atoms with Gasteiger partial charge in [-0.2, -0.15) is 0 Å². The Kier molecular flexibility index (Phi) is 2.85. The molecule has 0 saturated carbocycles. The van der Waals surface area contributed by atoms with Gasteiger partial charge >= 0.3 is 0 Å². The van der Waals surface area contributed by atoms with Crippen molar-refractivity contribution in [2.24, 2.45) is 0 Å². The van der Waals surface area contributed by atoms with Gasteiger partial charge in [0.25, 0.3) is 0 Å². The predicted molar refractivity (Wildman–Crippen MR) is 54.4 cm³/mol. The van der Waals surface area contributed by atoms with Crippen molar-refractivity contribution in [1.82, 2.24) is 0 Å². The topological polar surface area (TPSA) is 47.9 Å².